The Morgan fingerprint density at radius 1 is 1.47 bits per heavy atom. The maximum absolute atomic E-state index is 13.3. The third-order valence-corrected chi connectivity index (χ3v) is 2.59. The Hall–Kier alpha value is -1.78. The van der Waals surface area contributed by atoms with Gasteiger partial charge in [-0.1, -0.05) is 13.8 Å². The van der Waals surface area contributed by atoms with E-state index in [0.29, 0.717) is 5.56 Å². The number of halogens is 1. The number of phenolic OH excluding ortho intramolecular Hbond substituents is 1. The molecule has 1 aromatic carbocycles. The number of aromatic hydroxyl groups is 1. The number of hydrogen-bond acceptors (Lipinski definition) is 3. The second kappa shape index (κ2) is 4.61. The van der Waals surface area contributed by atoms with Crippen LogP contribution in [0.15, 0.2) is 12.1 Å². The first-order valence-electron chi connectivity index (χ1n) is 5.06. The van der Waals surface area contributed by atoms with Crippen molar-refractivity contribution in [2.75, 3.05) is 7.11 Å². The quantitative estimate of drug-likeness (QED) is 0.850. The second-order valence-corrected chi connectivity index (χ2v) is 4.46. The van der Waals surface area contributed by atoms with Crippen molar-refractivity contribution in [1.82, 2.24) is 0 Å². The fraction of sp³-hybridized carbons (Fsp3) is 0.417. The lowest BCUT2D eigenvalue weighted by molar-refractivity contribution is -0.138. The lowest BCUT2D eigenvalue weighted by atomic mass is 9.81. The Labute approximate surface area is 98.7 Å². The molecule has 0 aliphatic rings. The van der Waals surface area contributed by atoms with E-state index in [1.807, 2.05) is 0 Å². The number of phenols is 1. The summed E-state index contributed by atoms with van der Waals surface area (Å²) >= 11 is 0. The van der Waals surface area contributed by atoms with Crippen molar-refractivity contribution in [2.24, 2.45) is 0 Å². The predicted octanol–water partition coefficient (Wildman–Crippen LogP) is 2.29. The molecule has 0 aliphatic carbocycles. The van der Waals surface area contributed by atoms with Crippen LogP contribution in [0.3, 0.4) is 0 Å². The summed E-state index contributed by atoms with van der Waals surface area (Å²) in [5, 5.41) is 18.5. The highest BCUT2D eigenvalue weighted by molar-refractivity contribution is 5.69. The molecule has 0 saturated heterocycles. The first kappa shape index (κ1) is 13.3. The highest BCUT2D eigenvalue weighted by Gasteiger charge is 2.28. The lowest BCUT2D eigenvalue weighted by Gasteiger charge is -2.24. The largest absolute Gasteiger partial charge is 0.508 e. The SMILES string of the molecule is COc1cc(C(C)(C)CC(=O)O)c(O)cc1F. The summed E-state index contributed by atoms with van der Waals surface area (Å²) in [5.41, 5.74) is -0.463. The van der Waals surface area contributed by atoms with Gasteiger partial charge in [0.05, 0.1) is 13.5 Å². The number of benzene rings is 1. The topological polar surface area (TPSA) is 66.8 Å². The summed E-state index contributed by atoms with van der Waals surface area (Å²) in [7, 11) is 1.31. The third kappa shape index (κ3) is 2.87. The molecule has 0 radical (unpaired) electrons. The van der Waals surface area contributed by atoms with E-state index in [-0.39, 0.29) is 17.9 Å². The van der Waals surface area contributed by atoms with Gasteiger partial charge in [0.15, 0.2) is 11.6 Å². The summed E-state index contributed by atoms with van der Waals surface area (Å²) in [5.74, 6) is -1.96. The Balaban J connectivity index is 3.25. The molecule has 0 unspecified atom stereocenters. The van der Waals surface area contributed by atoms with E-state index in [1.54, 1.807) is 13.8 Å². The van der Waals surface area contributed by atoms with Crippen LogP contribution in [0.1, 0.15) is 25.8 Å². The average molecular weight is 242 g/mol. The molecule has 0 saturated carbocycles. The molecule has 0 fully saturated rings. The number of carboxylic acid groups (broad SMARTS) is 1. The molecule has 17 heavy (non-hydrogen) atoms. The number of hydrogen-bond donors (Lipinski definition) is 2. The minimum atomic E-state index is -0.988. The molecule has 0 heterocycles. The molecular formula is C12H15FO4. The summed E-state index contributed by atoms with van der Waals surface area (Å²) in [6.45, 7) is 3.32. The molecule has 0 atom stereocenters. The van der Waals surface area contributed by atoms with Crippen molar-refractivity contribution in [2.45, 2.75) is 25.7 Å². The molecule has 2 N–H and O–H groups in total. The van der Waals surface area contributed by atoms with Crippen LogP contribution in [0.2, 0.25) is 0 Å². The Kier molecular flexibility index (Phi) is 3.60. The van der Waals surface area contributed by atoms with Crippen molar-refractivity contribution in [3.8, 4) is 11.5 Å². The molecule has 0 bridgehead atoms. The van der Waals surface area contributed by atoms with Gasteiger partial charge in [-0.15, -0.1) is 0 Å². The summed E-state index contributed by atoms with van der Waals surface area (Å²) < 4.78 is 18.1. The van der Waals surface area contributed by atoms with Gasteiger partial charge in [0.1, 0.15) is 5.75 Å². The van der Waals surface area contributed by atoms with Gasteiger partial charge in [-0.2, -0.15) is 0 Å². The van der Waals surface area contributed by atoms with Gasteiger partial charge >= 0.3 is 5.97 Å². The van der Waals surface area contributed by atoms with Crippen LogP contribution in [-0.4, -0.2) is 23.3 Å². The van der Waals surface area contributed by atoms with Gasteiger partial charge in [-0.05, 0) is 6.07 Å². The summed E-state index contributed by atoms with van der Waals surface area (Å²) in [6, 6.07) is 2.26. The average Bonchev–Trinajstić information content (AvgIpc) is 2.15. The Morgan fingerprint density at radius 3 is 2.53 bits per heavy atom. The van der Waals surface area contributed by atoms with Crippen LogP contribution >= 0.6 is 0 Å². The zero-order valence-corrected chi connectivity index (χ0v) is 9.95. The van der Waals surface area contributed by atoms with Gasteiger partial charge < -0.3 is 14.9 Å². The van der Waals surface area contributed by atoms with Crippen LogP contribution in [0, 0.1) is 5.82 Å². The van der Waals surface area contributed by atoms with Crippen molar-refractivity contribution in [1.29, 1.82) is 0 Å². The number of rotatable bonds is 4. The van der Waals surface area contributed by atoms with Crippen molar-refractivity contribution < 1.29 is 24.1 Å². The van der Waals surface area contributed by atoms with Gasteiger partial charge in [0, 0.05) is 17.0 Å². The molecule has 5 heteroatoms. The highest BCUT2D eigenvalue weighted by Crippen LogP contribution is 2.37. The number of aliphatic carboxylic acids is 1. The Morgan fingerprint density at radius 2 is 2.06 bits per heavy atom. The predicted molar refractivity (Wildman–Crippen MR) is 59.9 cm³/mol. The number of carbonyl (C=O) groups is 1. The summed E-state index contributed by atoms with van der Waals surface area (Å²) in [6.07, 6.45) is -0.171. The monoisotopic (exact) mass is 242 g/mol. The van der Waals surface area contributed by atoms with Crippen molar-refractivity contribution >= 4 is 5.97 Å². The van der Waals surface area contributed by atoms with Crippen molar-refractivity contribution in [3.05, 3.63) is 23.5 Å². The molecule has 4 nitrogen and oxygen atoms in total. The van der Waals surface area contributed by atoms with E-state index in [1.165, 1.54) is 13.2 Å². The van der Waals surface area contributed by atoms with E-state index in [9.17, 15) is 14.3 Å². The minimum absolute atomic E-state index is 0.0173. The number of ether oxygens (including phenoxy) is 1. The minimum Gasteiger partial charge on any atom is -0.508 e. The van der Waals surface area contributed by atoms with Crippen LogP contribution in [0.5, 0.6) is 11.5 Å². The third-order valence-electron chi connectivity index (χ3n) is 2.59. The van der Waals surface area contributed by atoms with E-state index < -0.39 is 17.2 Å². The number of carboxylic acids is 1. The lowest BCUT2D eigenvalue weighted by Crippen LogP contribution is -2.22. The highest BCUT2D eigenvalue weighted by atomic mass is 19.1. The van der Waals surface area contributed by atoms with E-state index >= 15 is 0 Å². The molecule has 1 aromatic rings. The molecule has 0 aliphatic heterocycles. The zero-order chi connectivity index (χ0) is 13.2. The van der Waals surface area contributed by atoms with Gasteiger partial charge in [-0.3, -0.25) is 4.79 Å². The number of methoxy groups -OCH3 is 1. The van der Waals surface area contributed by atoms with Crippen molar-refractivity contribution in [3.63, 3.8) is 0 Å². The molecule has 1 rings (SSSR count). The van der Waals surface area contributed by atoms with E-state index in [4.69, 9.17) is 9.84 Å². The molecular weight excluding hydrogens is 227 g/mol. The summed E-state index contributed by atoms with van der Waals surface area (Å²) in [4.78, 5) is 10.7. The normalized spacial score (nSPS) is 11.3. The van der Waals surface area contributed by atoms with Crippen LogP contribution in [0.25, 0.3) is 0 Å². The Bertz CT molecular complexity index is 440. The second-order valence-electron chi connectivity index (χ2n) is 4.46. The van der Waals surface area contributed by atoms with Crippen LogP contribution < -0.4 is 4.74 Å². The van der Waals surface area contributed by atoms with Crippen LogP contribution in [-0.2, 0) is 10.2 Å². The van der Waals surface area contributed by atoms with E-state index in [2.05, 4.69) is 0 Å². The molecule has 94 valence electrons. The smallest absolute Gasteiger partial charge is 0.304 e. The fourth-order valence-electron chi connectivity index (χ4n) is 1.71. The van der Waals surface area contributed by atoms with Gasteiger partial charge in [0.2, 0.25) is 0 Å². The van der Waals surface area contributed by atoms with Gasteiger partial charge in [-0.25, -0.2) is 4.39 Å². The van der Waals surface area contributed by atoms with Crippen LogP contribution in [0.4, 0.5) is 4.39 Å². The fourth-order valence-corrected chi connectivity index (χ4v) is 1.71. The molecule has 0 aromatic heterocycles. The van der Waals surface area contributed by atoms with E-state index in [0.717, 1.165) is 6.07 Å². The molecule has 0 amide bonds. The standard InChI is InChI=1S/C12H15FO4/c1-12(2,6-11(15)16)7-4-10(17-3)8(13)5-9(7)14/h4-5,14H,6H2,1-3H3,(H,15,16). The van der Waals surface area contributed by atoms with Gasteiger partial charge in [0.25, 0.3) is 0 Å². The first-order chi connectivity index (χ1) is 7.77. The molecule has 0 spiro atoms. The zero-order valence-electron chi connectivity index (χ0n) is 9.95. The maximum atomic E-state index is 13.3. The first-order valence-corrected chi connectivity index (χ1v) is 5.06. The maximum Gasteiger partial charge on any atom is 0.304 e.